The Morgan fingerprint density at radius 1 is 1.20 bits per heavy atom. The monoisotopic (exact) mass is 374 g/mol. The average molecular weight is 376 g/mol. The zero-order valence-electron chi connectivity index (χ0n) is 11.2. The Bertz CT molecular complexity index is 647. The van der Waals surface area contributed by atoms with E-state index in [1.165, 1.54) is 0 Å². The van der Waals surface area contributed by atoms with Gasteiger partial charge in [-0.1, -0.05) is 43.1 Å². The first kappa shape index (κ1) is 15.5. The molecule has 1 aromatic heterocycles. The van der Waals surface area contributed by atoms with Crippen LogP contribution in [-0.4, -0.2) is 17.1 Å². The molecule has 1 aromatic carbocycles. The molecule has 0 atom stereocenters. The van der Waals surface area contributed by atoms with Gasteiger partial charge >= 0.3 is 0 Å². The molecule has 0 unspecified atom stereocenters. The van der Waals surface area contributed by atoms with E-state index in [1.54, 1.807) is 13.2 Å². The third kappa shape index (κ3) is 2.92. The summed E-state index contributed by atoms with van der Waals surface area (Å²) in [5.74, 6) is 1.28. The highest BCUT2D eigenvalue weighted by molar-refractivity contribution is 9.10. The molecule has 0 aliphatic carbocycles. The first-order valence-electron chi connectivity index (χ1n) is 6.01. The van der Waals surface area contributed by atoms with Crippen molar-refractivity contribution in [3.63, 3.8) is 0 Å². The lowest BCUT2D eigenvalue weighted by Gasteiger charge is -2.13. The molecule has 0 fully saturated rings. The smallest absolute Gasteiger partial charge is 0.166 e. The van der Waals surface area contributed by atoms with Gasteiger partial charge in [0.15, 0.2) is 5.82 Å². The van der Waals surface area contributed by atoms with Crippen LogP contribution in [0.3, 0.4) is 0 Å². The van der Waals surface area contributed by atoms with Gasteiger partial charge in [0.25, 0.3) is 0 Å². The Balaban J connectivity index is 2.71. The minimum Gasteiger partial charge on any atom is -0.496 e. The molecule has 0 aliphatic heterocycles. The third-order valence-corrected chi connectivity index (χ3v) is 4.40. The van der Waals surface area contributed by atoms with E-state index >= 15 is 0 Å². The molecule has 0 aliphatic rings. The fourth-order valence-corrected chi connectivity index (χ4v) is 2.88. The van der Waals surface area contributed by atoms with Crippen LogP contribution in [0.15, 0.2) is 22.7 Å². The second-order valence-electron chi connectivity index (χ2n) is 4.51. The Labute approximate surface area is 136 Å². The topological polar surface area (TPSA) is 35.0 Å². The van der Waals surface area contributed by atoms with Crippen LogP contribution in [0.4, 0.5) is 0 Å². The van der Waals surface area contributed by atoms with E-state index in [2.05, 4.69) is 25.9 Å². The first-order chi connectivity index (χ1) is 9.45. The van der Waals surface area contributed by atoms with Crippen LogP contribution in [0.1, 0.15) is 25.5 Å². The van der Waals surface area contributed by atoms with Crippen molar-refractivity contribution in [2.45, 2.75) is 19.8 Å². The average Bonchev–Trinajstić information content (AvgIpc) is 2.41. The molecule has 2 rings (SSSR count). The molecular formula is C14H13BrCl2N2O. The molecule has 0 saturated heterocycles. The van der Waals surface area contributed by atoms with Crippen LogP contribution in [-0.2, 0) is 0 Å². The maximum Gasteiger partial charge on any atom is 0.166 e. The number of benzene rings is 1. The predicted molar refractivity (Wildman–Crippen MR) is 85.8 cm³/mol. The number of halogens is 3. The molecular weight excluding hydrogens is 363 g/mol. The lowest BCUT2D eigenvalue weighted by Crippen LogP contribution is -2.02. The first-order valence-corrected chi connectivity index (χ1v) is 7.56. The summed E-state index contributed by atoms with van der Waals surface area (Å²) in [6.45, 7) is 4.08. The van der Waals surface area contributed by atoms with E-state index in [0.29, 0.717) is 31.8 Å². The van der Waals surface area contributed by atoms with Crippen LogP contribution in [0, 0.1) is 0 Å². The summed E-state index contributed by atoms with van der Waals surface area (Å²) in [4.78, 5) is 8.86. The van der Waals surface area contributed by atoms with Crippen LogP contribution in [0.2, 0.25) is 10.2 Å². The largest absolute Gasteiger partial charge is 0.496 e. The summed E-state index contributed by atoms with van der Waals surface area (Å²) in [6, 6.07) is 5.40. The summed E-state index contributed by atoms with van der Waals surface area (Å²) in [7, 11) is 1.58. The predicted octanol–water partition coefficient (Wildman–Crippen LogP) is 5.34. The van der Waals surface area contributed by atoms with Gasteiger partial charge in [0.1, 0.15) is 10.9 Å². The maximum atomic E-state index is 6.25. The number of aromatic nitrogens is 2. The number of hydrogen-bond acceptors (Lipinski definition) is 3. The molecule has 0 amide bonds. The maximum absolute atomic E-state index is 6.25. The van der Waals surface area contributed by atoms with Crippen molar-refractivity contribution >= 4 is 39.1 Å². The van der Waals surface area contributed by atoms with E-state index in [1.807, 2.05) is 26.0 Å². The van der Waals surface area contributed by atoms with Crippen molar-refractivity contribution in [2.24, 2.45) is 0 Å². The van der Waals surface area contributed by atoms with Crippen molar-refractivity contribution in [2.75, 3.05) is 7.11 Å². The highest BCUT2D eigenvalue weighted by atomic mass is 79.9. The quantitative estimate of drug-likeness (QED) is 0.678. The van der Waals surface area contributed by atoms with Crippen molar-refractivity contribution in [3.05, 3.63) is 38.5 Å². The van der Waals surface area contributed by atoms with Crippen molar-refractivity contribution < 1.29 is 4.74 Å². The second-order valence-corrected chi connectivity index (χ2v) is 6.07. The lowest BCUT2D eigenvalue weighted by atomic mass is 10.1. The number of methoxy groups -OCH3 is 1. The van der Waals surface area contributed by atoms with E-state index in [4.69, 9.17) is 27.9 Å². The SMILES string of the molecule is COc1cccc(Cl)c1-c1nc(Cl)c(Br)c(C(C)C)n1. The summed E-state index contributed by atoms with van der Waals surface area (Å²) in [6.07, 6.45) is 0. The van der Waals surface area contributed by atoms with Gasteiger partial charge in [0, 0.05) is 0 Å². The Hall–Kier alpha value is -0.840. The van der Waals surface area contributed by atoms with Gasteiger partial charge in [-0.25, -0.2) is 9.97 Å². The highest BCUT2D eigenvalue weighted by Gasteiger charge is 2.19. The summed E-state index contributed by atoms with van der Waals surface area (Å²) in [5, 5.41) is 0.887. The summed E-state index contributed by atoms with van der Waals surface area (Å²) < 4.78 is 6.04. The molecule has 6 heteroatoms. The minimum absolute atomic E-state index is 0.206. The van der Waals surface area contributed by atoms with Crippen LogP contribution < -0.4 is 4.74 Å². The lowest BCUT2D eigenvalue weighted by molar-refractivity contribution is 0.416. The van der Waals surface area contributed by atoms with Gasteiger partial charge in [-0.05, 0) is 34.0 Å². The molecule has 0 N–H and O–H groups in total. The van der Waals surface area contributed by atoms with Crippen molar-refractivity contribution in [1.29, 1.82) is 0 Å². The second kappa shape index (κ2) is 6.29. The number of hydrogen-bond donors (Lipinski definition) is 0. The number of nitrogens with zero attached hydrogens (tertiary/aromatic N) is 2. The van der Waals surface area contributed by atoms with E-state index in [0.717, 1.165) is 5.69 Å². The zero-order chi connectivity index (χ0) is 14.9. The van der Waals surface area contributed by atoms with Gasteiger partial charge in [-0.3, -0.25) is 0 Å². The molecule has 0 spiro atoms. The molecule has 1 heterocycles. The number of rotatable bonds is 3. The van der Waals surface area contributed by atoms with Gasteiger partial charge in [0.2, 0.25) is 0 Å². The van der Waals surface area contributed by atoms with Crippen LogP contribution in [0.25, 0.3) is 11.4 Å². The fraction of sp³-hybridized carbons (Fsp3) is 0.286. The Kier molecular flexibility index (Phi) is 4.89. The minimum atomic E-state index is 0.206. The van der Waals surface area contributed by atoms with Crippen molar-refractivity contribution in [1.82, 2.24) is 9.97 Å². The molecule has 2 aromatic rings. The Morgan fingerprint density at radius 2 is 1.90 bits per heavy atom. The van der Waals surface area contributed by atoms with Crippen LogP contribution >= 0.6 is 39.1 Å². The molecule has 0 bridgehead atoms. The molecule has 20 heavy (non-hydrogen) atoms. The van der Waals surface area contributed by atoms with Gasteiger partial charge < -0.3 is 4.74 Å². The van der Waals surface area contributed by atoms with E-state index in [-0.39, 0.29) is 5.92 Å². The molecule has 0 saturated carbocycles. The van der Waals surface area contributed by atoms with Crippen LogP contribution in [0.5, 0.6) is 5.75 Å². The zero-order valence-corrected chi connectivity index (χ0v) is 14.3. The number of ether oxygens (including phenoxy) is 1. The third-order valence-electron chi connectivity index (χ3n) is 2.80. The van der Waals surface area contributed by atoms with Crippen molar-refractivity contribution in [3.8, 4) is 17.1 Å². The van der Waals surface area contributed by atoms with E-state index < -0.39 is 0 Å². The normalized spacial score (nSPS) is 10.9. The van der Waals surface area contributed by atoms with Gasteiger partial charge in [-0.2, -0.15) is 0 Å². The van der Waals surface area contributed by atoms with E-state index in [9.17, 15) is 0 Å². The Morgan fingerprint density at radius 3 is 2.50 bits per heavy atom. The molecule has 106 valence electrons. The highest BCUT2D eigenvalue weighted by Crippen LogP contribution is 2.37. The standard InChI is InChI=1S/C14H13BrCl2N2O/c1-7(2)12-11(15)13(17)19-14(18-12)10-8(16)5-4-6-9(10)20-3/h4-7H,1-3H3. The summed E-state index contributed by atoms with van der Waals surface area (Å²) >= 11 is 15.9. The van der Waals surface area contributed by atoms with Gasteiger partial charge in [-0.15, -0.1) is 0 Å². The molecule has 3 nitrogen and oxygen atoms in total. The molecule has 0 radical (unpaired) electrons. The van der Waals surface area contributed by atoms with Gasteiger partial charge in [0.05, 0.1) is 27.9 Å². The fourth-order valence-electron chi connectivity index (χ4n) is 1.82. The summed E-state index contributed by atoms with van der Waals surface area (Å²) in [5.41, 5.74) is 1.48.